The molecule has 1 aromatic heterocycles. The molecule has 0 amide bonds. The van der Waals surface area contributed by atoms with Gasteiger partial charge in [-0.1, -0.05) is 6.92 Å². The minimum atomic E-state index is -0.821. The molecule has 102 valence electrons. The number of hydrogen-bond donors (Lipinski definition) is 1. The van der Waals surface area contributed by atoms with Crippen molar-refractivity contribution in [2.75, 3.05) is 0 Å². The first-order valence-corrected chi connectivity index (χ1v) is 5.93. The Morgan fingerprint density at radius 2 is 2.00 bits per heavy atom. The van der Waals surface area contributed by atoms with Crippen molar-refractivity contribution in [3.8, 4) is 0 Å². The quantitative estimate of drug-likeness (QED) is 0.838. The van der Waals surface area contributed by atoms with Gasteiger partial charge in [-0.2, -0.15) is 0 Å². The first-order valence-electron chi connectivity index (χ1n) is 5.93. The van der Waals surface area contributed by atoms with Crippen molar-refractivity contribution in [1.29, 1.82) is 0 Å². The zero-order valence-corrected chi connectivity index (χ0v) is 11.3. The largest absolute Gasteiger partial charge is 0.481 e. The molecular weight excluding hydrogens is 236 g/mol. The third-order valence-corrected chi connectivity index (χ3v) is 2.18. The average Bonchev–Trinajstić information content (AvgIpc) is 2.60. The van der Waals surface area contributed by atoms with Gasteiger partial charge in [-0.3, -0.25) is 4.79 Å². The average molecular weight is 256 g/mol. The summed E-state index contributed by atoms with van der Waals surface area (Å²) in [6, 6.07) is 0. The van der Waals surface area contributed by atoms with E-state index in [0.29, 0.717) is 18.2 Å². The van der Waals surface area contributed by atoms with E-state index in [2.05, 4.69) is 10.2 Å². The number of nitrogens with zero attached hydrogens (tertiary/aromatic N) is 2. The van der Waals surface area contributed by atoms with E-state index in [0.717, 1.165) is 0 Å². The van der Waals surface area contributed by atoms with Crippen LogP contribution in [0.15, 0.2) is 4.42 Å². The second-order valence-electron chi connectivity index (χ2n) is 5.40. The molecule has 0 bridgehead atoms. The van der Waals surface area contributed by atoms with E-state index in [9.17, 15) is 4.79 Å². The van der Waals surface area contributed by atoms with Crippen molar-refractivity contribution in [3.63, 3.8) is 0 Å². The monoisotopic (exact) mass is 256 g/mol. The molecule has 18 heavy (non-hydrogen) atoms. The Labute approximate surface area is 106 Å². The maximum absolute atomic E-state index is 10.5. The number of aromatic nitrogens is 2. The standard InChI is InChI=1S/C12H20N2O4/c1-8(6-11(15)16)5-9-13-14-10(18-9)7-17-12(2,3)4/h8H,5-7H2,1-4H3,(H,15,16). The van der Waals surface area contributed by atoms with Gasteiger partial charge in [0.1, 0.15) is 6.61 Å². The molecule has 0 aliphatic carbocycles. The van der Waals surface area contributed by atoms with E-state index in [1.807, 2.05) is 27.7 Å². The molecule has 1 unspecified atom stereocenters. The molecule has 1 atom stereocenters. The van der Waals surface area contributed by atoms with Crippen LogP contribution in [0.4, 0.5) is 0 Å². The SMILES string of the molecule is CC(CC(=O)O)Cc1nnc(COC(C)(C)C)o1. The number of hydrogen-bond acceptors (Lipinski definition) is 5. The molecule has 0 saturated heterocycles. The highest BCUT2D eigenvalue weighted by Gasteiger charge is 2.16. The molecule has 0 spiro atoms. The van der Waals surface area contributed by atoms with Crippen LogP contribution in [0.5, 0.6) is 0 Å². The van der Waals surface area contributed by atoms with Crippen molar-refractivity contribution >= 4 is 5.97 Å². The van der Waals surface area contributed by atoms with Gasteiger partial charge in [-0.25, -0.2) is 0 Å². The van der Waals surface area contributed by atoms with Crippen LogP contribution in [0.1, 0.15) is 45.9 Å². The summed E-state index contributed by atoms with van der Waals surface area (Å²) in [5.41, 5.74) is -0.259. The molecule has 1 N–H and O–H groups in total. The summed E-state index contributed by atoms with van der Waals surface area (Å²) in [6.45, 7) is 7.94. The summed E-state index contributed by atoms with van der Waals surface area (Å²) in [4.78, 5) is 10.5. The van der Waals surface area contributed by atoms with Crippen LogP contribution in [0.3, 0.4) is 0 Å². The molecule has 6 heteroatoms. The Bertz CT molecular complexity index is 395. The van der Waals surface area contributed by atoms with Gasteiger partial charge in [0, 0.05) is 12.8 Å². The van der Waals surface area contributed by atoms with E-state index in [-0.39, 0.29) is 24.5 Å². The van der Waals surface area contributed by atoms with Crippen molar-refractivity contribution in [2.24, 2.45) is 5.92 Å². The lowest BCUT2D eigenvalue weighted by atomic mass is 10.0. The second kappa shape index (κ2) is 5.95. The normalized spacial score (nSPS) is 13.6. The highest BCUT2D eigenvalue weighted by atomic mass is 16.5. The third kappa shape index (κ3) is 5.77. The summed E-state index contributed by atoms with van der Waals surface area (Å²) in [5, 5.41) is 16.4. The molecule has 0 radical (unpaired) electrons. The topological polar surface area (TPSA) is 85.5 Å². The molecule has 0 saturated carbocycles. The van der Waals surface area contributed by atoms with Crippen molar-refractivity contribution in [3.05, 3.63) is 11.8 Å². The number of carboxylic acids is 1. The van der Waals surface area contributed by atoms with Crippen LogP contribution in [-0.4, -0.2) is 26.9 Å². The maximum Gasteiger partial charge on any atom is 0.303 e. The molecule has 0 aliphatic heterocycles. The van der Waals surface area contributed by atoms with Crippen molar-refractivity contribution < 1.29 is 19.1 Å². The lowest BCUT2D eigenvalue weighted by Crippen LogP contribution is -2.18. The Balaban J connectivity index is 2.45. The van der Waals surface area contributed by atoms with Gasteiger partial charge in [0.25, 0.3) is 0 Å². The summed E-state index contributed by atoms with van der Waals surface area (Å²) in [7, 11) is 0. The number of carboxylic acid groups (broad SMARTS) is 1. The zero-order valence-electron chi connectivity index (χ0n) is 11.3. The lowest BCUT2D eigenvalue weighted by Gasteiger charge is -2.17. The summed E-state index contributed by atoms with van der Waals surface area (Å²) < 4.78 is 10.9. The highest BCUT2D eigenvalue weighted by molar-refractivity contribution is 5.66. The molecule has 6 nitrogen and oxygen atoms in total. The van der Waals surface area contributed by atoms with Gasteiger partial charge in [-0.05, 0) is 26.7 Å². The van der Waals surface area contributed by atoms with E-state index in [4.69, 9.17) is 14.3 Å². The number of ether oxygens (including phenoxy) is 1. The first-order chi connectivity index (χ1) is 8.26. The Morgan fingerprint density at radius 1 is 1.39 bits per heavy atom. The zero-order chi connectivity index (χ0) is 13.8. The van der Waals surface area contributed by atoms with Gasteiger partial charge in [0.2, 0.25) is 11.8 Å². The van der Waals surface area contributed by atoms with Crippen molar-refractivity contribution in [1.82, 2.24) is 10.2 Å². The molecule has 0 aromatic carbocycles. The Morgan fingerprint density at radius 3 is 2.56 bits per heavy atom. The second-order valence-corrected chi connectivity index (χ2v) is 5.40. The predicted molar refractivity (Wildman–Crippen MR) is 64.0 cm³/mol. The van der Waals surface area contributed by atoms with E-state index >= 15 is 0 Å². The van der Waals surface area contributed by atoms with E-state index in [1.165, 1.54) is 0 Å². The van der Waals surface area contributed by atoms with Crippen LogP contribution in [0.25, 0.3) is 0 Å². The van der Waals surface area contributed by atoms with Crippen molar-refractivity contribution in [2.45, 2.75) is 52.7 Å². The van der Waals surface area contributed by atoms with E-state index in [1.54, 1.807) is 0 Å². The minimum absolute atomic E-state index is 0.0284. The molecule has 1 aromatic rings. The summed E-state index contributed by atoms with van der Waals surface area (Å²) in [6.07, 6.45) is 0.561. The molecular formula is C12H20N2O4. The van der Waals surface area contributed by atoms with Gasteiger partial charge in [0.15, 0.2) is 0 Å². The minimum Gasteiger partial charge on any atom is -0.481 e. The molecule has 0 fully saturated rings. The van der Waals surface area contributed by atoms with Crippen LogP contribution >= 0.6 is 0 Å². The fourth-order valence-corrected chi connectivity index (χ4v) is 1.38. The first kappa shape index (κ1) is 14.6. The Hall–Kier alpha value is -1.43. The lowest BCUT2D eigenvalue weighted by molar-refractivity contribution is -0.137. The summed E-state index contributed by atoms with van der Waals surface area (Å²) in [5.74, 6) is 0.0244. The fourth-order valence-electron chi connectivity index (χ4n) is 1.38. The highest BCUT2D eigenvalue weighted by Crippen LogP contribution is 2.14. The maximum atomic E-state index is 10.5. The molecule has 1 rings (SSSR count). The number of carbonyl (C=O) groups is 1. The van der Waals surface area contributed by atoms with Crippen LogP contribution < -0.4 is 0 Å². The van der Waals surface area contributed by atoms with Gasteiger partial charge in [-0.15, -0.1) is 10.2 Å². The predicted octanol–water partition coefficient (Wildman–Crippen LogP) is 2.04. The number of rotatable bonds is 6. The number of aliphatic carboxylic acids is 1. The van der Waals surface area contributed by atoms with Crippen LogP contribution in [0, 0.1) is 5.92 Å². The Kier molecular flexibility index (Phi) is 4.84. The fraction of sp³-hybridized carbons (Fsp3) is 0.750. The molecule has 1 heterocycles. The summed E-state index contributed by atoms with van der Waals surface area (Å²) >= 11 is 0. The van der Waals surface area contributed by atoms with Crippen LogP contribution in [-0.2, 0) is 22.6 Å². The van der Waals surface area contributed by atoms with Gasteiger partial charge < -0.3 is 14.3 Å². The van der Waals surface area contributed by atoms with E-state index < -0.39 is 5.97 Å². The molecule has 0 aliphatic rings. The smallest absolute Gasteiger partial charge is 0.303 e. The van der Waals surface area contributed by atoms with Gasteiger partial charge in [0.05, 0.1) is 5.60 Å². The van der Waals surface area contributed by atoms with Gasteiger partial charge >= 0.3 is 5.97 Å². The van der Waals surface area contributed by atoms with Crippen LogP contribution in [0.2, 0.25) is 0 Å². The third-order valence-electron chi connectivity index (χ3n) is 2.18.